The van der Waals surface area contributed by atoms with Gasteiger partial charge in [-0.2, -0.15) is 0 Å². The first kappa shape index (κ1) is 53.0. The predicted molar refractivity (Wildman–Crippen MR) is 545 cm³/mol. The largest absolute Gasteiger partial charge is 0.310 e. The molecule has 4 heterocycles. The summed E-state index contributed by atoms with van der Waals surface area (Å²) in [6, 6.07) is -1.96. The van der Waals surface area contributed by atoms with E-state index >= 15 is 0 Å². The predicted octanol–water partition coefficient (Wildman–Crippen LogP) is 32.0. The maximum absolute atomic E-state index is 11.9. The first-order valence-electron chi connectivity index (χ1n) is 60.0. The van der Waals surface area contributed by atoms with Crippen LogP contribution in [0.15, 0.2) is 278 Å². The summed E-state index contributed by atoms with van der Waals surface area (Å²) < 4.78 is 358. The maximum atomic E-state index is 11.9. The third-order valence-electron chi connectivity index (χ3n) is 24.0. The van der Waals surface area contributed by atoms with Gasteiger partial charge in [0.25, 0.3) is 6.71 Å². The second-order valence-corrected chi connectivity index (χ2v) is 42.9. The van der Waals surface area contributed by atoms with Gasteiger partial charge in [-0.25, -0.2) is 0 Å². The fraction of sp³-hybridized carbons (Fsp3) is 0.300. The first-order chi connectivity index (χ1) is 72.9. The van der Waals surface area contributed by atoms with Crippen LogP contribution in [0.3, 0.4) is 0 Å². The Labute approximate surface area is 794 Å². The Balaban J connectivity index is 1.24. The second-order valence-electron chi connectivity index (χ2n) is 42.9. The van der Waals surface area contributed by atoms with Crippen molar-refractivity contribution in [2.75, 3.05) is 9.80 Å². The van der Waals surface area contributed by atoms with Gasteiger partial charge < -0.3 is 18.9 Å². The lowest BCUT2D eigenvalue weighted by molar-refractivity contribution is 0.569. The number of hydrogen-bond donors (Lipinski definition) is 0. The van der Waals surface area contributed by atoms with Crippen LogP contribution in [0.2, 0.25) is 0 Å². The van der Waals surface area contributed by atoms with Gasteiger partial charge in [0, 0.05) is 77.9 Å². The molecular weight excluding hydrogens is 1510 g/mol. The van der Waals surface area contributed by atoms with Crippen molar-refractivity contribution in [2.45, 2.75) is 236 Å². The molecule has 0 aliphatic carbocycles. The zero-order valence-electron chi connectivity index (χ0n) is 111. The molecule has 4 nitrogen and oxygen atoms in total. The summed E-state index contributed by atoms with van der Waals surface area (Å²) in [6.45, 7) is 46.5. The summed E-state index contributed by atoms with van der Waals surface area (Å²) in [6.07, 6.45) is 0. The lowest BCUT2D eigenvalue weighted by Crippen LogP contribution is -2.61. The van der Waals surface area contributed by atoms with Crippen molar-refractivity contribution in [1.82, 2.24) is 9.13 Å². The molecule has 0 fully saturated rings. The fourth-order valence-electron chi connectivity index (χ4n) is 17.1. The fourth-order valence-corrected chi connectivity index (χ4v) is 17.1. The van der Waals surface area contributed by atoms with Crippen LogP contribution in [0.4, 0.5) is 34.1 Å². The van der Waals surface area contributed by atoms with E-state index in [9.17, 15) is 46.6 Å². The lowest BCUT2D eigenvalue weighted by atomic mass is 9.33. The van der Waals surface area contributed by atoms with Crippen LogP contribution in [0.1, 0.15) is 284 Å². The van der Waals surface area contributed by atoms with Crippen molar-refractivity contribution in [3.8, 4) is 67.0 Å². The number of anilines is 6. The normalized spacial score (nSPS) is 17.5. The summed E-state index contributed by atoms with van der Waals surface area (Å²) >= 11 is 0. The van der Waals surface area contributed by atoms with Crippen molar-refractivity contribution >= 4 is 101 Å². The highest BCUT2D eigenvalue weighted by molar-refractivity contribution is 7.00. The molecule has 14 aromatic carbocycles. The summed E-state index contributed by atoms with van der Waals surface area (Å²) in [4.78, 5) is 3.20. The minimum Gasteiger partial charge on any atom is -0.310 e. The average molecular weight is 1670 g/mol. The van der Waals surface area contributed by atoms with Crippen LogP contribution in [0.25, 0.3) is 111 Å². The van der Waals surface area contributed by atoms with Crippen LogP contribution in [0.5, 0.6) is 0 Å². The number of rotatable bonds is 9. The molecule has 0 amide bonds. The van der Waals surface area contributed by atoms with E-state index < -0.39 is 282 Å². The molecule has 5 heteroatoms. The molecule has 0 unspecified atom stereocenters. The maximum Gasteiger partial charge on any atom is 0.252 e. The zero-order chi connectivity index (χ0) is 118. The van der Waals surface area contributed by atoms with Crippen molar-refractivity contribution in [1.29, 1.82) is 0 Å². The molecule has 0 bridgehead atoms. The van der Waals surface area contributed by atoms with Gasteiger partial charge in [0.15, 0.2) is 0 Å². The SMILES string of the molecule is [2H]c1c([2H])c(C(C)(C)C)c([2H])c([2H])c1-c1c([2H])c(C(C)(C)C)c([2H])c(-c2c([2H])c([2H])c(C(C)(C)C)c([2H])c2C(C)(C)C)c1N1c2cc(-n3c4c([2H])c([2H])c([2H])c([2H])c4c4c([2H])c([2H])c([2H])c([2H])c43)ccc2B2c3ccc(-n4c5c([2H])c([2H])c([2H])c([2H])c5c5c([2H])c([2H])c([2H])c([2H])c54)cc3N(c3c(-c4c([2H])c([2H])c(C(C)(C)C)c([2H])c4[2H])c([2H])c(C(C)(C)C)c([2H])c3-c3c([2H])c([2H])c(C(C)(C)C)c([2H])c3C(C)(C)C)c3cc(-c4cccc(C(C)(C)C)c4)cc1c32. The molecule has 0 atom stereocenters. The van der Waals surface area contributed by atoms with E-state index in [0.717, 1.165) is 0 Å². The van der Waals surface area contributed by atoms with Crippen molar-refractivity contribution in [3.05, 3.63) is 328 Å². The molecule has 0 saturated carbocycles. The van der Waals surface area contributed by atoms with Gasteiger partial charge >= 0.3 is 0 Å². The van der Waals surface area contributed by atoms with Gasteiger partial charge in [0.1, 0.15) is 0 Å². The van der Waals surface area contributed by atoms with E-state index in [4.69, 9.17) is 0 Å². The molecule has 2 aromatic heterocycles. The number of fused-ring (bicyclic) bond motifs is 10. The number of para-hydroxylation sites is 4. The molecule has 18 rings (SSSR count). The number of aromatic nitrogens is 2. The molecule has 0 saturated heterocycles. The average Bonchev–Trinajstić information content (AvgIpc) is 1.65. The van der Waals surface area contributed by atoms with Gasteiger partial charge in [-0.1, -0.05) is 380 Å². The smallest absolute Gasteiger partial charge is 0.252 e. The molecule has 125 heavy (non-hydrogen) atoms. The molecule has 2 aliphatic rings. The van der Waals surface area contributed by atoms with Gasteiger partial charge in [-0.3, -0.25) is 0 Å². The van der Waals surface area contributed by atoms with E-state index in [2.05, 4.69) is 0 Å². The number of nitrogens with zero attached hydrogens (tertiary/aromatic N) is 4. The van der Waals surface area contributed by atoms with E-state index in [1.807, 2.05) is 39.0 Å². The summed E-state index contributed by atoms with van der Waals surface area (Å²) in [5.74, 6) is 0. The third kappa shape index (κ3) is 14.8. The van der Waals surface area contributed by atoms with Gasteiger partial charge in [-0.05, 0) is 233 Å². The Morgan fingerprint density at radius 3 is 0.888 bits per heavy atom. The Morgan fingerprint density at radius 2 is 0.560 bits per heavy atom. The highest BCUT2D eigenvalue weighted by atomic mass is 15.2. The quantitative estimate of drug-likeness (QED) is 0.134. The molecule has 16 aromatic rings. The van der Waals surface area contributed by atoms with Crippen molar-refractivity contribution in [3.63, 3.8) is 0 Å². The van der Waals surface area contributed by atoms with Crippen LogP contribution >= 0.6 is 0 Å². The van der Waals surface area contributed by atoms with E-state index in [-0.39, 0.29) is 179 Å². The monoisotopic (exact) mass is 1670 g/mol. The number of hydrogen-bond acceptors (Lipinski definition) is 2. The van der Waals surface area contributed by atoms with Crippen molar-refractivity contribution in [2.24, 2.45) is 0 Å². The Bertz CT molecular complexity index is 8500. The van der Waals surface area contributed by atoms with Gasteiger partial charge in [0.2, 0.25) is 0 Å². The van der Waals surface area contributed by atoms with E-state index in [0.29, 0.717) is 11.1 Å². The Kier molecular flexibility index (Phi) is 12.5. The molecule has 2 aliphatic heterocycles. The minimum absolute atomic E-state index is 0.0540. The highest BCUT2D eigenvalue weighted by Crippen LogP contribution is 2.58. The number of benzene rings is 14. The Hall–Kier alpha value is -11.7. The molecule has 630 valence electrons. The molecule has 0 radical (unpaired) electrons. The molecule has 0 N–H and O–H groups in total. The highest BCUT2D eigenvalue weighted by Gasteiger charge is 2.47. The van der Waals surface area contributed by atoms with E-state index in [1.165, 1.54) is 33.4 Å². The van der Waals surface area contributed by atoms with E-state index in [1.54, 1.807) is 206 Å². The zero-order valence-corrected chi connectivity index (χ0v) is 76.8. The minimum atomic E-state index is -1.55. The van der Waals surface area contributed by atoms with Gasteiger partial charge in [0.05, 0.1) is 80.0 Å². The lowest BCUT2D eigenvalue weighted by Gasteiger charge is -2.46. The first-order valence-corrected chi connectivity index (χ1v) is 43.0. The third-order valence-corrected chi connectivity index (χ3v) is 24.0. The molecule has 0 spiro atoms. The van der Waals surface area contributed by atoms with Crippen LogP contribution in [-0.4, -0.2) is 15.8 Å². The van der Waals surface area contributed by atoms with Crippen molar-refractivity contribution < 1.29 is 46.6 Å². The summed E-state index contributed by atoms with van der Waals surface area (Å²) in [7, 11) is 0. The summed E-state index contributed by atoms with van der Waals surface area (Å²) in [5.41, 5.74) is -16.0. The topological polar surface area (TPSA) is 16.3 Å². The van der Waals surface area contributed by atoms with Crippen LogP contribution < -0.4 is 26.2 Å². The molecular formula is C120H127BN4. The van der Waals surface area contributed by atoms with Gasteiger partial charge in [-0.15, -0.1) is 0 Å². The summed E-state index contributed by atoms with van der Waals surface area (Å²) in [5, 5.41) is -1.42. The standard InChI is InChI=1S/C120H127BN4/c1-112(2,3)78-51-47-74(48-52-78)93-66-83(117(16,17)18)68-95(87-59-55-81(115(10,11)12)70-97(87)119(22,23)24)110(93)124-105-72-85(122-101-43-32-28-39-89(101)90-40-29-33-44-102(90)122)57-61-99(105)121-100-62-58-86(123-103-45-34-30-41-91(103)92-42-31-35-46-104(92)123)73-106(100)125(108-65-77(64-107(124)109(108)121)76-37-36-38-80(63-76)114(7,8)9)111-94(75-49-53-79(54-50-75)113(4,5)6)67-84(118(19,20)21)69-96(111)88-60-56-82(116(13,14)15)71-98(88)120(25,26)27/h28-73H,1-27H3/i28D,29D,30D,31D,32D,33D,34D,35D,39D,40D,41D,42D,43D,44D,45D,46D,47D,48D,49D,50D,51D,52D,53D,54D,55D,56D,59D,60D,66D,67D,68D,69D,70D,71D. The van der Waals surface area contributed by atoms with Crippen LogP contribution in [0, 0.1) is 0 Å². The second kappa shape index (κ2) is 29.5. The van der Waals surface area contributed by atoms with Crippen LogP contribution in [-0.2, 0) is 48.7 Å². The Morgan fingerprint density at radius 1 is 0.240 bits per heavy atom.